The van der Waals surface area contributed by atoms with Gasteiger partial charge < -0.3 is 14.6 Å². The molecule has 0 aromatic carbocycles. The van der Waals surface area contributed by atoms with Gasteiger partial charge in [0.25, 0.3) is 0 Å². The SMILES string of the molecule is OCCCc1ncc2cc(O)ccn12. The Hall–Kier alpha value is -1.55. The van der Waals surface area contributed by atoms with Crippen molar-refractivity contribution in [2.24, 2.45) is 0 Å². The predicted molar refractivity (Wildman–Crippen MR) is 52.3 cm³/mol. The number of aryl methyl sites for hydroxylation is 1. The Morgan fingerprint density at radius 1 is 1.43 bits per heavy atom. The molecule has 2 rings (SSSR count). The van der Waals surface area contributed by atoms with Crippen molar-refractivity contribution in [3.8, 4) is 5.75 Å². The van der Waals surface area contributed by atoms with E-state index in [0.29, 0.717) is 6.42 Å². The van der Waals surface area contributed by atoms with Crippen LogP contribution in [0.5, 0.6) is 5.75 Å². The van der Waals surface area contributed by atoms with Crippen molar-refractivity contribution in [3.05, 3.63) is 30.4 Å². The highest BCUT2D eigenvalue weighted by molar-refractivity contribution is 5.50. The molecular weight excluding hydrogens is 180 g/mol. The van der Waals surface area contributed by atoms with Crippen LogP contribution in [0, 0.1) is 0 Å². The fourth-order valence-electron chi connectivity index (χ4n) is 1.47. The van der Waals surface area contributed by atoms with Crippen LogP contribution in [0.1, 0.15) is 12.2 Å². The molecule has 2 aromatic rings. The summed E-state index contributed by atoms with van der Waals surface area (Å²) >= 11 is 0. The summed E-state index contributed by atoms with van der Waals surface area (Å²) in [5.41, 5.74) is 0.873. The van der Waals surface area contributed by atoms with E-state index in [1.54, 1.807) is 24.5 Å². The van der Waals surface area contributed by atoms with Crippen molar-refractivity contribution in [3.63, 3.8) is 0 Å². The van der Waals surface area contributed by atoms with Crippen molar-refractivity contribution in [2.75, 3.05) is 6.61 Å². The molecule has 0 saturated heterocycles. The molecule has 74 valence electrons. The lowest BCUT2D eigenvalue weighted by molar-refractivity contribution is 0.287. The van der Waals surface area contributed by atoms with Gasteiger partial charge >= 0.3 is 0 Å². The molecular formula is C10H12N2O2. The molecule has 2 heterocycles. The molecule has 0 unspecified atom stereocenters. The van der Waals surface area contributed by atoms with E-state index in [9.17, 15) is 5.11 Å². The van der Waals surface area contributed by atoms with Crippen molar-refractivity contribution < 1.29 is 10.2 Å². The fraction of sp³-hybridized carbons (Fsp3) is 0.300. The van der Waals surface area contributed by atoms with Crippen LogP contribution in [0.3, 0.4) is 0 Å². The zero-order valence-electron chi connectivity index (χ0n) is 7.72. The summed E-state index contributed by atoms with van der Waals surface area (Å²) < 4.78 is 1.91. The van der Waals surface area contributed by atoms with Gasteiger partial charge in [-0.1, -0.05) is 0 Å². The minimum Gasteiger partial charge on any atom is -0.508 e. The third-order valence-corrected chi connectivity index (χ3v) is 2.15. The van der Waals surface area contributed by atoms with Crippen molar-refractivity contribution in [2.45, 2.75) is 12.8 Å². The molecule has 2 aromatic heterocycles. The van der Waals surface area contributed by atoms with E-state index >= 15 is 0 Å². The molecule has 0 spiro atoms. The maximum Gasteiger partial charge on any atom is 0.119 e. The molecule has 14 heavy (non-hydrogen) atoms. The number of aromatic nitrogens is 2. The second-order valence-corrected chi connectivity index (χ2v) is 3.18. The first-order valence-electron chi connectivity index (χ1n) is 4.57. The number of aromatic hydroxyl groups is 1. The quantitative estimate of drug-likeness (QED) is 0.761. The van der Waals surface area contributed by atoms with Gasteiger partial charge in [-0.2, -0.15) is 0 Å². The number of rotatable bonds is 3. The van der Waals surface area contributed by atoms with Crippen LogP contribution in [0.15, 0.2) is 24.5 Å². The molecule has 0 atom stereocenters. The number of imidazole rings is 1. The standard InChI is InChI=1S/C10H12N2O2/c13-5-1-2-10-11-7-8-6-9(14)3-4-12(8)10/h3-4,6-7,13-14H,1-2,5H2. The summed E-state index contributed by atoms with van der Waals surface area (Å²) in [5.74, 6) is 1.15. The molecule has 4 nitrogen and oxygen atoms in total. The minimum absolute atomic E-state index is 0.174. The number of aliphatic hydroxyl groups excluding tert-OH is 1. The van der Waals surface area contributed by atoms with Gasteiger partial charge in [0.2, 0.25) is 0 Å². The van der Waals surface area contributed by atoms with Crippen LogP contribution in [-0.4, -0.2) is 26.2 Å². The zero-order chi connectivity index (χ0) is 9.97. The average Bonchev–Trinajstić information content (AvgIpc) is 2.57. The third kappa shape index (κ3) is 1.56. The molecule has 0 aliphatic rings. The third-order valence-electron chi connectivity index (χ3n) is 2.15. The summed E-state index contributed by atoms with van der Waals surface area (Å²) in [7, 11) is 0. The number of hydrogen-bond donors (Lipinski definition) is 2. The second-order valence-electron chi connectivity index (χ2n) is 3.18. The number of nitrogens with zero attached hydrogens (tertiary/aromatic N) is 2. The average molecular weight is 192 g/mol. The van der Waals surface area contributed by atoms with Gasteiger partial charge in [-0.15, -0.1) is 0 Å². The van der Waals surface area contributed by atoms with Crippen LogP contribution in [0.2, 0.25) is 0 Å². The molecule has 0 radical (unpaired) electrons. The van der Waals surface area contributed by atoms with E-state index in [-0.39, 0.29) is 12.4 Å². The number of aliphatic hydroxyl groups is 1. The summed E-state index contributed by atoms with van der Waals surface area (Å²) in [6.07, 6.45) is 4.95. The number of pyridine rings is 1. The van der Waals surface area contributed by atoms with E-state index in [0.717, 1.165) is 17.8 Å². The van der Waals surface area contributed by atoms with E-state index in [1.165, 1.54) is 0 Å². The Morgan fingerprint density at radius 2 is 2.29 bits per heavy atom. The number of fused-ring (bicyclic) bond motifs is 1. The van der Waals surface area contributed by atoms with Gasteiger partial charge in [0.05, 0.1) is 11.7 Å². The highest BCUT2D eigenvalue weighted by Gasteiger charge is 2.02. The van der Waals surface area contributed by atoms with Crippen molar-refractivity contribution in [1.82, 2.24) is 9.38 Å². The topological polar surface area (TPSA) is 57.8 Å². The zero-order valence-corrected chi connectivity index (χ0v) is 7.72. The van der Waals surface area contributed by atoms with Gasteiger partial charge in [-0.3, -0.25) is 0 Å². The van der Waals surface area contributed by atoms with E-state index < -0.39 is 0 Å². The fourth-order valence-corrected chi connectivity index (χ4v) is 1.47. The molecule has 0 bridgehead atoms. The lowest BCUT2D eigenvalue weighted by Gasteiger charge is -1.99. The Morgan fingerprint density at radius 3 is 3.07 bits per heavy atom. The normalized spacial score (nSPS) is 10.9. The lowest BCUT2D eigenvalue weighted by Crippen LogP contribution is -1.96. The maximum absolute atomic E-state index is 9.23. The molecule has 0 aliphatic heterocycles. The molecule has 0 aliphatic carbocycles. The first-order valence-corrected chi connectivity index (χ1v) is 4.57. The first-order chi connectivity index (χ1) is 6.81. The smallest absolute Gasteiger partial charge is 0.119 e. The largest absolute Gasteiger partial charge is 0.508 e. The van der Waals surface area contributed by atoms with E-state index in [1.807, 2.05) is 4.40 Å². The Kier molecular flexibility index (Phi) is 2.37. The van der Waals surface area contributed by atoms with Gasteiger partial charge in [0.1, 0.15) is 11.6 Å². The second kappa shape index (κ2) is 3.67. The van der Waals surface area contributed by atoms with Gasteiger partial charge in [-0.25, -0.2) is 4.98 Å². The molecule has 2 N–H and O–H groups in total. The first kappa shape index (κ1) is 9.02. The van der Waals surface area contributed by atoms with Crippen LogP contribution in [0.25, 0.3) is 5.52 Å². The predicted octanol–water partition coefficient (Wildman–Crippen LogP) is 0.965. The maximum atomic E-state index is 9.23. The van der Waals surface area contributed by atoms with Crippen LogP contribution in [-0.2, 0) is 6.42 Å². The summed E-state index contributed by atoms with van der Waals surface area (Å²) in [6, 6.07) is 3.28. The Labute approximate surface area is 81.5 Å². The van der Waals surface area contributed by atoms with Crippen molar-refractivity contribution >= 4 is 5.52 Å². The molecule has 4 heteroatoms. The summed E-state index contributed by atoms with van der Waals surface area (Å²) in [6.45, 7) is 0.174. The van der Waals surface area contributed by atoms with Crippen LogP contribution in [0.4, 0.5) is 0 Å². The van der Waals surface area contributed by atoms with Gasteiger partial charge in [-0.05, 0) is 12.5 Å². The molecule has 0 amide bonds. The van der Waals surface area contributed by atoms with Crippen LogP contribution >= 0.6 is 0 Å². The Balaban J connectivity index is 2.37. The summed E-state index contributed by atoms with van der Waals surface area (Å²) in [5, 5.41) is 17.9. The number of hydrogen-bond acceptors (Lipinski definition) is 3. The minimum atomic E-state index is 0.174. The Bertz CT molecular complexity index is 437. The monoisotopic (exact) mass is 192 g/mol. The van der Waals surface area contributed by atoms with Crippen LogP contribution < -0.4 is 0 Å². The molecule has 0 fully saturated rings. The van der Waals surface area contributed by atoms with Crippen molar-refractivity contribution in [1.29, 1.82) is 0 Å². The van der Waals surface area contributed by atoms with Gasteiger partial charge in [0, 0.05) is 25.3 Å². The summed E-state index contributed by atoms with van der Waals surface area (Å²) in [4.78, 5) is 4.21. The van der Waals surface area contributed by atoms with E-state index in [4.69, 9.17) is 5.11 Å². The lowest BCUT2D eigenvalue weighted by atomic mass is 10.3. The highest BCUT2D eigenvalue weighted by Crippen LogP contribution is 2.14. The van der Waals surface area contributed by atoms with E-state index in [2.05, 4.69) is 4.98 Å². The highest BCUT2D eigenvalue weighted by atomic mass is 16.3. The molecule has 0 saturated carbocycles. The van der Waals surface area contributed by atoms with Gasteiger partial charge in [0.15, 0.2) is 0 Å².